The Morgan fingerprint density at radius 3 is 2.55 bits per heavy atom. The maximum atomic E-state index is 12.8. The number of ether oxygens (including phenoxy) is 1. The van der Waals surface area contributed by atoms with Crippen molar-refractivity contribution in [1.82, 2.24) is 20.0 Å². The van der Waals surface area contributed by atoms with E-state index in [2.05, 4.69) is 39.7 Å². The number of rotatable bonds is 6. The highest BCUT2D eigenvalue weighted by Gasteiger charge is 2.17. The Morgan fingerprint density at radius 1 is 1.10 bits per heavy atom. The first-order chi connectivity index (χ1) is 15.0. The zero-order chi connectivity index (χ0) is 22.0. The number of benzene rings is 2. The van der Waals surface area contributed by atoms with Crippen LogP contribution in [0.3, 0.4) is 0 Å². The van der Waals surface area contributed by atoms with E-state index in [-0.39, 0.29) is 5.91 Å². The SMILES string of the molecule is COc1ccc(-c2cc(C(=O)Nc3c(C)nn(Cc4ccccc4C)c3C)[nH]n2)cc1. The number of methoxy groups -OCH3 is 1. The van der Waals surface area contributed by atoms with Crippen LogP contribution >= 0.6 is 0 Å². The van der Waals surface area contributed by atoms with Crippen molar-refractivity contribution in [3.8, 4) is 17.0 Å². The highest BCUT2D eigenvalue weighted by atomic mass is 16.5. The average molecular weight is 415 g/mol. The molecule has 158 valence electrons. The van der Waals surface area contributed by atoms with Gasteiger partial charge in [0.2, 0.25) is 0 Å². The summed E-state index contributed by atoms with van der Waals surface area (Å²) in [5.41, 5.74) is 6.78. The maximum absolute atomic E-state index is 12.8. The number of aromatic nitrogens is 4. The topological polar surface area (TPSA) is 84.8 Å². The number of hydrogen-bond acceptors (Lipinski definition) is 4. The summed E-state index contributed by atoms with van der Waals surface area (Å²) in [6.07, 6.45) is 0. The van der Waals surface area contributed by atoms with Gasteiger partial charge >= 0.3 is 0 Å². The van der Waals surface area contributed by atoms with Crippen LogP contribution in [0.25, 0.3) is 11.3 Å². The van der Waals surface area contributed by atoms with Crippen molar-refractivity contribution in [2.24, 2.45) is 0 Å². The van der Waals surface area contributed by atoms with Gasteiger partial charge in [0.15, 0.2) is 0 Å². The molecule has 7 heteroatoms. The van der Waals surface area contributed by atoms with Crippen molar-refractivity contribution >= 4 is 11.6 Å². The molecule has 0 saturated carbocycles. The molecule has 0 bridgehead atoms. The zero-order valence-corrected chi connectivity index (χ0v) is 18.1. The number of aromatic amines is 1. The molecule has 4 rings (SSSR count). The predicted molar refractivity (Wildman–Crippen MR) is 121 cm³/mol. The predicted octanol–water partition coefficient (Wildman–Crippen LogP) is 4.51. The van der Waals surface area contributed by atoms with Crippen molar-refractivity contribution < 1.29 is 9.53 Å². The molecular weight excluding hydrogens is 390 g/mol. The molecule has 0 radical (unpaired) electrons. The van der Waals surface area contributed by atoms with Crippen LogP contribution in [-0.2, 0) is 6.54 Å². The molecule has 0 aliphatic rings. The molecule has 31 heavy (non-hydrogen) atoms. The molecule has 0 aliphatic heterocycles. The van der Waals surface area contributed by atoms with Gasteiger partial charge in [0.05, 0.1) is 36.4 Å². The first-order valence-electron chi connectivity index (χ1n) is 10.1. The van der Waals surface area contributed by atoms with Crippen LogP contribution in [0, 0.1) is 20.8 Å². The van der Waals surface area contributed by atoms with E-state index in [9.17, 15) is 4.79 Å². The summed E-state index contributed by atoms with van der Waals surface area (Å²) in [5, 5.41) is 14.7. The highest BCUT2D eigenvalue weighted by Crippen LogP contribution is 2.24. The van der Waals surface area contributed by atoms with Gasteiger partial charge in [0, 0.05) is 5.56 Å². The van der Waals surface area contributed by atoms with Gasteiger partial charge in [-0.15, -0.1) is 0 Å². The number of anilines is 1. The van der Waals surface area contributed by atoms with E-state index in [1.54, 1.807) is 13.2 Å². The third-order valence-corrected chi connectivity index (χ3v) is 5.41. The minimum atomic E-state index is -0.256. The van der Waals surface area contributed by atoms with Gasteiger partial charge in [-0.1, -0.05) is 24.3 Å². The van der Waals surface area contributed by atoms with Crippen LogP contribution in [0.2, 0.25) is 0 Å². The minimum absolute atomic E-state index is 0.256. The van der Waals surface area contributed by atoms with Gasteiger partial charge in [-0.2, -0.15) is 10.2 Å². The molecule has 2 aromatic heterocycles. The van der Waals surface area contributed by atoms with Crippen molar-refractivity contribution in [2.75, 3.05) is 12.4 Å². The monoisotopic (exact) mass is 415 g/mol. The van der Waals surface area contributed by atoms with Gasteiger partial charge in [-0.05, 0) is 62.2 Å². The summed E-state index contributed by atoms with van der Waals surface area (Å²) in [6.45, 7) is 6.60. The fourth-order valence-electron chi connectivity index (χ4n) is 3.51. The molecule has 0 atom stereocenters. The molecule has 0 spiro atoms. The molecule has 0 aliphatic carbocycles. The highest BCUT2D eigenvalue weighted by molar-refractivity contribution is 6.04. The number of nitrogens with one attached hydrogen (secondary N) is 2. The lowest BCUT2D eigenvalue weighted by Gasteiger charge is -2.08. The van der Waals surface area contributed by atoms with E-state index in [1.807, 2.05) is 54.9 Å². The molecule has 4 aromatic rings. The third-order valence-electron chi connectivity index (χ3n) is 5.41. The lowest BCUT2D eigenvalue weighted by atomic mass is 10.1. The second-order valence-electron chi connectivity index (χ2n) is 7.48. The molecule has 2 N–H and O–H groups in total. The van der Waals surface area contributed by atoms with E-state index >= 15 is 0 Å². The van der Waals surface area contributed by atoms with Crippen molar-refractivity contribution in [3.05, 3.63) is 82.8 Å². The lowest BCUT2D eigenvalue weighted by Crippen LogP contribution is -2.14. The number of carbonyl (C=O) groups excluding carboxylic acids is 1. The fourth-order valence-corrected chi connectivity index (χ4v) is 3.51. The Hall–Kier alpha value is -3.87. The van der Waals surface area contributed by atoms with Crippen LogP contribution in [0.5, 0.6) is 5.75 Å². The van der Waals surface area contributed by atoms with Crippen LogP contribution in [-0.4, -0.2) is 33.0 Å². The van der Waals surface area contributed by atoms with Crippen LogP contribution < -0.4 is 10.1 Å². The maximum Gasteiger partial charge on any atom is 0.273 e. The second-order valence-corrected chi connectivity index (χ2v) is 7.48. The summed E-state index contributed by atoms with van der Waals surface area (Å²) in [4.78, 5) is 12.8. The van der Waals surface area contributed by atoms with Gasteiger partial charge in [0.1, 0.15) is 11.4 Å². The number of aryl methyl sites for hydroxylation is 2. The zero-order valence-electron chi connectivity index (χ0n) is 18.1. The summed E-state index contributed by atoms with van der Waals surface area (Å²) >= 11 is 0. The van der Waals surface area contributed by atoms with E-state index in [4.69, 9.17) is 4.74 Å². The summed E-state index contributed by atoms with van der Waals surface area (Å²) < 4.78 is 7.10. The van der Waals surface area contributed by atoms with E-state index in [0.29, 0.717) is 17.9 Å². The van der Waals surface area contributed by atoms with Crippen LogP contribution in [0.15, 0.2) is 54.6 Å². The first-order valence-corrected chi connectivity index (χ1v) is 10.1. The Labute approximate surface area is 181 Å². The third kappa shape index (κ3) is 4.21. The largest absolute Gasteiger partial charge is 0.497 e. The summed E-state index contributed by atoms with van der Waals surface area (Å²) in [6, 6.07) is 17.5. The molecule has 2 aromatic carbocycles. The van der Waals surface area contributed by atoms with Gasteiger partial charge in [-0.25, -0.2) is 0 Å². The van der Waals surface area contributed by atoms with Crippen molar-refractivity contribution in [3.63, 3.8) is 0 Å². The Morgan fingerprint density at radius 2 is 1.84 bits per heavy atom. The smallest absolute Gasteiger partial charge is 0.273 e. The number of H-pyrrole nitrogens is 1. The minimum Gasteiger partial charge on any atom is -0.497 e. The number of carbonyl (C=O) groups is 1. The van der Waals surface area contributed by atoms with Gasteiger partial charge in [0.25, 0.3) is 5.91 Å². The first kappa shape index (κ1) is 20.4. The fraction of sp³-hybridized carbons (Fsp3) is 0.208. The second kappa shape index (κ2) is 8.47. The van der Waals surface area contributed by atoms with E-state index < -0.39 is 0 Å². The molecule has 7 nitrogen and oxygen atoms in total. The van der Waals surface area contributed by atoms with Gasteiger partial charge in [-0.3, -0.25) is 14.6 Å². The molecule has 1 amide bonds. The number of nitrogens with zero attached hydrogens (tertiary/aromatic N) is 3. The van der Waals surface area contributed by atoms with E-state index in [1.165, 1.54) is 11.1 Å². The van der Waals surface area contributed by atoms with E-state index in [0.717, 1.165) is 28.4 Å². The number of amides is 1. The standard InChI is InChI=1S/C24H25N5O2/c1-15-7-5-6-8-19(15)14-29-17(3)23(16(2)28-29)25-24(30)22-13-21(26-27-22)18-9-11-20(31-4)12-10-18/h5-13H,14H2,1-4H3,(H,25,30)(H,26,27). The molecular formula is C24H25N5O2. The van der Waals surface area contributed by atoms with Crippen molar-refractivity contribution in [2.45, 2.75) is 27.3 Å². The lowest BCUT2D eigenvalue weighted by molar-refractivity contribution is 0.102. The summed E-state index contributed by atoms with van der Waals surface area (Å²) in [7, 11) is 1.62. The molecule has 0 unspecified atom stereocenters. The van der Waals surface area contributed by atoms with Crippen molar-refractivity contribution in [1.29, 1.82) is 0 Å². The Bertz CT molecular complexity index is 1220. The average Bonchev–Trinajstić information content (AvgIpc) is 3.37. The molecule has 2 heterocycles. The van der Waals surface area contributed by atoms with Crippen LogP contribution in [0.1, 0.15) is 33.0 Å². The molecule has 0 saturated heterocycles. The normalized spacial score (nSPS) is 10.8. The Balaban J connectivity index is 1.52. The summed E-state index contributed by atoms with van der Waals surface area (Å²) in [5.74, 6) is 0.514. The van der Waals surface area contributed by atoms with Gasteiger partial charge < -0.3 is 10.1 Å². The molecule has 0 fully saturated rings. The van der Waals surface area contributed by atoms with Crippen LogP contribution in [0.4, 0.5) is 5.69 Å². The Kier molecular flexibility index (Phi) is 5.58. The number of hydrogen-bond donors (Lipinski definition) is 2. The quantitative estimate of drug-likeness (QED) is 0.485.